The number of benzene rings is 1. The van der Waals surface area contributed by atoms with Crippen LogP contribution in [0.25, 0.3) is 0 Å². The molecule has 4 N–H and O–H groups in total. The lowest BCUT2D eigenvalue weighted by atomic mass is 9.62. The molecule has 0 radical (unpaired) electrons. The highest BCUT2D eigenvalue weighted by molar-refractivity contribution is 9.10. The molecule has 0 aliphatic heterocycles. The quantitative estimate of drug-likeness (QED) is 0.468. The van der Waals surface area contributed by atoms with E-state index < -0.39 is 11.5 Å². The van der Waals surface area contributed by atoms with Crippen molar-refractivity contribution in [3.8, 4) is 0 Å². The molecular weight excluding hydrogens is 342 g/mol. The van der Waals surface area contributed by atoms with E-state index in [-0.39, 0.29) is 5.91 Å². The number of amides is 1. The Bertz CT molecular complexity index is 532. The first kappa shape index (κ1) is 15.2. The van der Waals surface area contributed by atoms with Gasteiger partial charge < -0.3 is 10.4 Å². The molecule has 2 rings (SSSR count). The molecule has 5 nitrogen and oxygen atoms in total. The number of aliphatic hydroxyl groups excluding tert-OH is 1. The second-order valence-electron chi connectivity index (χ2n) is 4.81. The molecule has 20 heavy (non-hydrogen) atoms. The minimum atomic E-state index is -0.709. The number of hydrogen-bond donors (Lipinski definition) is 4. The summed E-state index contributed by atoms with van der Waals surface area (Å²) in [4.78, 5) is 12.4. The van der Waals surface area contributed by atoms with Gasteiger partial charge in [0.1, 0.15) is 0 Å². The van der Waals surface area contributed by atoms with Crippen molar-refractivity contribution in [1.82, 2.24) is 16.2 Å². The molecular formula is C13H16BrN3O2S. The van der Waals surface area contributed by atoms with E-state index in [1.165, 1.54) is 0 Å². The van der Waals surface area contributed by atoms with E-state index in [0.29, 0.717) is 18.0 Å². The molecule has 0 bridgehead atoms. The van der Waals surface area contributed by atoms with Crippen molar-refractivity contribution >= 4 is 39.2 Å². The van der Waals surface area contributed by atoms with Gasteiger partial charge in [0.15, 0.2) is 5.11 Å². The van der Waals surface area contributed by atoms with Gasteiger partial charge in [-0.1, -0.05) is 28.1 Å². The molecule has 1 aromatic carbocycles. The van der Waals surface area contributed by atoms with Crippen LogP contribution in [0.5, 0.6) is 0 Å². The number of carbonyl (C=O) groups is 1. The van der Waals surface area contributed by atoms with Gasteiger partial charge in [0.2, 0.25) is 5.91 Å². The van der Waals surface area contributed by atoms with E-state index >= 15 is 0 Å². The summed E-state index contributed by atoms with van der Waals surface area (Å²) < 4.78 is 0.905. The Morgan fingerprint density at radius 3 is 2.70 bits per heavy atom. The van der Waals surface area contributed by atoms with Crippen molar-refractivity contribution in [2.75, 3.05) is 7.05 Å². The molecule has 0 atom stereocenters. The largest absolute Gasteiger partial charge is 0.393 e. The van der Waals surface area contributed by atoms with E-state index in [4.69, 9.17) is 12.2 Å². The maximum absolute atomic E-state index is 12.4. The standard InChI is InChI=1S/C13H16BrN3O2S/c1-15-12(20)17-16-11(19)13(6-10(18)7-13)8-3-2-4-9(14)5-8/h2-5,10,18H,6-7H2,1H3,(H,16,19)(H2,15,17,20). The molecule has 1 aliphatic rings. The van der Waals surface area contributed by atoms with Crippen molar-refractivity contribution in [2.24, 2.45) is 0 Å². The Hall–Kier alpha value is -1.18. The zero-order chi connectivity index (χ0) is 14.8. The Balaban J connectivity index is 2.18. The summed E-state index contributed by atoms with van der Waals surface area (Å²) in [5.41, 5.74) is 5.40. The summed E-state index contributed by atoms with van der Waals surface area (Å²) in [5, 5.41) is 12.7. The van der Waals surface area contributed by atoms with Crippen LogP contribution in [-0.2, 0) is 10.2 Å². The summed E-state index contributed by atoms with van der Waals surface area (Å²) in [6.07, 6.45) is 0.364. The number of hydrogen-bond acceptors (Lipinski definition) is 3. The first-order valence-corrected chi connectivity index (χ1v) is 7.40. The monoisotopic (exact) mass is 357 g/mol. The number of thiocarbonyl (C=S) groups is 1. The molecule has 0 aromatic heterocycles. The van der Waals surface area contributed by atoms with E-state index in [9.17, 15) is 9.90 Å². The van der Waals surface area contributed by atoms with Gasteiger partial charge >= 0.3 is 0 Å². The van der Waals surface area contributed by atoms with Gasteiger partial charge in [-0.3, -0.25) is 15.6 Å². The third kappa shape index (κ3) is 2.94. The maximum Gasteiger partial charge on any atom is 0.249 e. The Kier molecular flexibility index (Phi) is 4.62. The van der Waals surface area contributed by atoms with Gasteiger partial charge in [-0.15, -0.1) is 0 Å². The van der Waals surface area contributed by atoms with Crippen LogP contribution in [0.15, 0.2) is 28.7 Å². The van der Waals surface area contributed by atoms with Crippen molar-refractivity contribution in [2.45, 2.75) is 24.4 Å². The molecule has 108 valence electrons. The average Bonchev–Trinajstić information content (AvgIpc) is 2.40. The van der Waals surface area contributed by atoms with Gasteiger partial charge in [-0.2, -0.15) is 0 Å². The molecule has 1 aromatic rings. The molecule has 0 spiro atoms. The van der Waals surface area contributed by atoms with Gasteiger partial charge in [0.25, 0.3) is 0 Å². The number of hydrazine groups is 1. The molecule has 7 heteroatoms. The lowest BCUT2D eigenvalue weighted by Gasteiger charge is -2.44. The summed E-state index contributed by atoms with van der Waals surface area (Å²) in [6.45, 7) is 0. The molecule has 1 aliphatic carbocycles. The predicted octanol–water partition coefficient (Wildman–Crippen LogP) is 0.967. The van der Waals surface area contributed by atoms with Crippen LogP contribution in [0, 0.1) is 0 Å². The third-order valence-corrected chi connectivity index (χ3v) is 4.30. The Labute approximate surface area is 131 Å². The highest BCUT2D eigenvalue weighted by atomic mass is 79.9. The lowest BCUT2D eigenvalue weighted by molar-refractivity contribution is -0.135. The Morgan fingerprint density at radius 1 is 1.45 bits per heavy atom. The van der Waals surface area contributed by atoms with Gasteiger partial charge in [0.05, 0.1) is 11.5 Å². The third-order valence-electron chi connectivity index (χ3n) is 3.50. The van der Waals surface area contributed by atoms with Crippen molar-refractivity contribution in [3.05, 3.63) is 34.3 Å². The summed E-state index contributed by atoms with van der Waals surface area (Å²) in [6, 6.07) is 7.58. The van der Waals surface area contributed by atoms with Gasteiger partial charge in [-0.05, 0) is 42.8 Å². The van der Waals surface area contributed by atoms with Gasteiger partial charge in [-0.25, -0.2) is 0 Å². The first-order valence-electron chi connectivity index (χ1n) is 6.20. The minimum Gasteiger partial charge on any atom is -0.393 e. The van der Waals surface area contributed by atoms with E-state index in [0.717, 1.165) is 10.0 Å². The second kappa shape index (κ2) is 6.07. The fourth-order valence-corrected chi connectivity index (χ4v) is 2.83. The second-order valence-corrected chi connectivity index (χ2v) is 6.14. The predicted molar refractivity (Wildman–Crippen MR) is 84.0 cm³/mol. The zero-order valence-corrected chi connectivity index (χ0v) is 13.3. The summed E-state index contributed by atoms with van der Waals surface area (Å²) >= 11 is 8.32. The van der Waals surface area contributed by atoms with Crippen molar-refractivity contribution in [1.29, 1.82) is 0 Å². The average molecular weight is 358 g/mol. The molecule has 0 saturated heterocycles. The highest BCUT2D eigenvalue weighted by Gasteiger charge is 2.51. The summed E-state index contributed by atoms with van der Waals surface area (Å²) in [7, 11) is 1.67. The van der Waals surface area contributed by atoms with Gasteiger partial charge in [0, 0.05) is 11.5 Å². The first-order chi connectivity index (χ1) is 9.48. The van der Waals surface area contributed by atoms with Crippen LogP contribution in [-0.4, -0.2) is 29.3 Å². The van der Waals surface area contributed by atoms with E-state index in [1.807, 2.05) is 24.3 Å². The molecule has 0 heterocycles. The lowest BCUT2D eigenvalue weighted by Crippen LogP contribution is -2.59. The van der Waals surface area contributed by atoms with E-state index in [2.05, 4.69) is 32.1 Å². The van der Waals surface area contributed by atoms with Crippen LogP contribution in [0.3, 0.4) is 0 Å². The topological polar surface area (TPSA) is 73.4 Å². The normalized spacial score (nSPS) is 24.4. The van der Waals surface area contributed by atoms with Crippen LogP contribution >= 0.6 is 28.1 Å². The maximum atomic E-state index is 12.4. The fraction of sp³-hybridized carbons (Fsp3) is 0.385. The number of nitrogens with one attached hydrogen (secondary N) is 3. The number of halogens is 1. The number of carbonyl (C=O) groups excluding carboxylic acids is 1. The van der Waals surface area contributed by atoms with Crippen LogP contribution in [0.2, 0.25) is 0 Å². The summed E-state index contributed by atoms with van der Waals surface area (Å²) in [5.74, 6) is -0.196. The van der Waals surface area contributed by atoms with Crippen LogP contribution in [0.1, 0.15) is 18.4 Å². The van der Waals surface area contributed by atoms with Crippen LogP contribution < -0.4 is 16.2 Å². The van der Waals surface area contributed by atoms with Crippen molar-refractivity contribution < 1.29 is 9.90 Å². The molecule has 1 fully saturated rings. The van der Waals surface area contributed by atoms with Crippen LogP contribution in [0.4, 0.5) is 0 Å². The number of aliphatic hydroxyl groups is 1. The SMILES string of the molecule is CNC(=S)NNC(=O)C1(c2cccc(Br)c2)CC(O)C1. The minimum absolute atomic E-state index is 0.196. The highest BCUT2D eigenvalue weighted by Crippen LogP contribution is 2.44. The van der Waals surface area contributed by atoms with Crippen molar-refractivity contribution in [3.63, 3.8) is 0 Å². The fourth-order valence-electron chi connectivity index (χ4n) is 2.38. The molecule has 1 amide bonds. The molecule has 1 saturated carbocycles. The zero-order valence-electron chi connectivity index (χ0n) is 10.9. The Morgan fingerprint density at radius 2 is 2.15 bits per heavy atom. The number of rotatable bonds is 2. The molecule has 0 unspecified atom stereocenters. The van der Waals surface area contributed by atoms with E-state index in [1.54, 1.807) is 7.05 Å². The smallest absolute Gasteiger partial charge is 0.249 e.